The molecule has 4 N–H and O–H groups in total. The second kappa shape index (κ2) is 6.90. The maximum absolute atomic E-state index is 12.6. The lowest BCUT2D eigenvalue weighted by molar-refractivity contribution is 0.418. The van der Waals surface area contributed by atoms with Crippen molar-refractivity contribution in [2.45, 2.75) is 6.42 Å². The van der Waals surface area contributed by atoms with Gasteiger partial charge in [0.05, 0.1) is 36.4 Å². The Kier molecular flexibility index (Phi) is 4.38. The van der Waals surface area contributed by atoms with Gasteiger partial charge in [0, 0.05) is 17.2 Å². The predicted octanol–water partition coefficient (Wildman–Crippen LogP) is 2.39. The summed E-state index contributed by atoms with van der Waals surface area (Å²) < 4.78 is 10.4. The molecule has 0 saturated carbocycles. The number of ether oxygens (including phenoxy) is 2. The molecule has 148 valence electrons. The van der Waals surface area contributed by atoms with Crippen molar-refractivity contribution < 1.29 is 19.7 Å². The molecule has 0 aliphatic rings. The fourth-order valence-electron chi connectivity index (χ4n) is 3.48. The Hall–Kier alpha value is -3.94. The van der Waals surface area contributed by atoms with Crippen LogP contribution >= 0.6 is 0 Å². The van der Waals surface area contributed by atoms with Crippen molar-refractivity contribution in [3.63, 3.8) is 0 Å². The summed E-state index contributed by atoms with van der Waals surface area (Å²) in [5.74, 6) is 0.263. The number of para-hydroxylation sites is 2. The minimum Gasteiger partial charge on any atom is -0.507 e. The number of benzene rings is 2. The van der Waals surface area contributed by atoms with E-state index in [1.807, 2.05) is 0 Å². The van der Waals surface area contributed by atoms with E-state index in [1.165, 1.54) is 14.2 Å². The van der Waals surface area contributed by atoms with Crippen molar-refractivity contribution in [2.75, 3.05) is 14.2 Å². The highest BCUT2D eigenvalue weighted by Gasteiger charge is 2.20. The van der Waals surface area contributed by atoms with Gasteiger partial charge in [0.25, 0.3) is 11.1 Å². The minimum atomic E-state index is -0.580. The van der Waals surface area contributed by atoms with Crippen LogP contribution in [0.3, 0.4) is 0 Å². The largest absolute Gasteiger partial charge is 0.507 e. The lowest BCUT2D eigenvalue weighted by Gasteiger charge is -2.12. The van der Waals surface area contributed by atoms with E-state index < -0.39 is 11.1 Å². The molecule has 2 heterocycles. The number of rotatable bonds is 4. The van der Waals surface area contributed by atoms with Crippen LogP contribution in [0.4, 0.5) is 0 Å². The molecule has 8 heteroatoms. The van der Waals surface area contributed by atoms with E-state index in [0.717, 1.165) is 0 Å². The van der Waals surface area contributed by atoms with E-state index >= 15 is 0 Å². The van der Waals surface area contributed by atoms with Crippen LogP contribution in [0.15, 0.2) is 46.0 Å². The van der Waals surface area contributed by atoms with E-state index in [2.05, 4.69) is 9.97 Å². The van der Waals surface area contributed by atoms with Gasteiger partial charge >= 0.3 is 0 Å². The fourth-order valence-corrected chi connectivity index (χ4v) is 3.48. The summed E-state index contributed by atoms with van der Waals surface area (Å²) in [5.41, 5.74) is -0.527. The second-order valence-electron chi connectivity index (χ2n) is 6.51. The van der Waals surface area contributed by atoms with Crippen LogP contribution in [-0.2, 0) is 6.42 Å². The third-order valence-corrected chi connectivity index (χ3v) is 4.95. The van der Waals surface area contributed by atoms with E-state index in [0.29, 0.717) is 33.3 Å². The summed E-state index contributed by atoms with van der Waals surface area (Å²) in [6.07, 6.45) is -0.261. The summed E-state index contributed by atoms with van der Waals surface area (Å²) in [6, 6.07) is 9.92. The van der Waals surface area contributed by atoms with Crippen LogP contribution in [0.2, 0.25) is 0 Å². The number of methoxy groups -OCH3 is 2. The van der Waals surface area contributed by atoms with Gasteiger partial charge in [0.15, 0.2) is 0 Å². The van der Waals surface area contributed by atoms with Gasteiger partial charge in [-0.15, -0.1) is 0 Å². The molecule has 0 unspecified atom stereocenters. The zero-order valence-electron chi connectivity index (χ0n) is 15.7. The van der Waals surface area contributed by atoms with Crippen LogP contribution < -0.4 is 20.6 Å². The summed E-state index contributed by atoms with van der Waals surface area (Å²) in [4.78, 5) is 30.6. The monoisotopic (exact) mass is 394 g/mol. The van der Waals surface area contributed by atoms with Crippen LogP contribution in [0, 0.1) is 0 Å². The normalized spacial score (nSPS) is 11.1. The number of H-pyrrole nitrogens is 2. The number of aromatic hydroxyl groups is 2. The Bertz CT molecular complexity index is 1260. The molecule has 2 aromatic heterocycles. The van der Waals surface area contributed by atoms with Crippen molar-refractivity contribution in [3.8, 4) is 23.0 Å². The molecule has 0 bridgehead atoms. The summed E-state index contributed by atoms with van der Waals surface area (Å²) in [7, 11) is 2.91. The van der Waals surface area contributed by atoms with Crippen LogP contribution in [0.5, 0.6) is 23.0 Å². The number of aromatic amines is 2. The number of aromatic nitrogens is 2. The maximum Gasteiger partial charge on any atom is 0.255 e. The molecule has 0 spiro atoms. The first kappa shape index (κ1) is 18.4. The smallest absolute Gasteiger partial charge is 0.255 e. The molecule has 4 rings (SSSR count). The van der Waals surface area contributed by atoms with Crippen molar-refractivity contribution in [2.24, 2.45) is 0 Å². The summed E-state index contributed by atoms with van der Waals surface area (Å²) in [5, 5.41) is 22.1. The highest BCUT2D eigenvalue weighted by Crippen LogP contribution is 2.34. The minimum absolute atomic E-state index is 0.0335. The molecule has 29 heavy (non-hydrogen) atoms. The van der Waals surface area contributed by atoms with Gasteiger partial charge in [0.1, 0.15) is 23.0 Å². The van der Waals surface area contributed by atoms with E-state index in [1.54, 1.807) is 36.4 Å². The average Bonchev–Trinajstić information content (AvgIpc) is 2.72. The van der Waals surface area contributed by atoms with Gasteiger partial charge in [-0.3, -0.25) is 9.59 Å². The first-order chi connectivity index (χ1) is 14.0. The molecule has 4 aromatic rings. The maximum atomic E-state index is 12.6. The number of fused-ring (bicyclic) bond motifs is 2. The molecule has 8 nitrogen and oxygen atoms in total. The molecular formula is C21H18N2O6. The van der Waals surface area contributed by atoms with Crippen molar-refractivity contribution in [1.82, 2.24) is 9.97 Å². The Morgan fingerprint density at radius 1 is 0.759 bits per heavy atom. The summed E-state index contributed by atoms with van der Waals surface area (Å²) in [6.45, 7) is 0. The molecule has 0 aliphatic heterocycles. The van der Waals surface area contributed by atoms with Crippen LogP contribution in [0.1, 0.15) is 11.1 Å². The van der Waals surface area contributed by atoms with Gasteiger partial charge in [0.2, 0.25) is 0 Å². The summed E-state index contributed by atoms with van der Waals surface area (Å²) >= 11 is 0. The number of hydrogen-bond acceptors (Lipinski definition) is 6. The zero-order valence-corrected chi connectivity index (χ0v) is 15.7. The van der Waals surface area contributed by atoms with Crippen molar-refractivity contribution >= 4 is 21.8 Å². The second-order valence-corrected chi connectivity index (χ2v) is 6.51. The Morgan fingerprint density at radius 2 is 1.17 bits per heavy atom. The Labute approximate surface area is 164 Å². The van der Waals surface area contributed by atoms with Gasteiger partial charge in [-0.2, -0.15) is 0 Å². The topological polar surface area (TPSA) is 125 Å². The van der Waals surface area contributed by atoms with E-state index in [-0.39, 0.29) is 29.0 Å². The van der Waals surface area contributed by atoms with Gasteiger partial charge in [-0.05, 0) is 24.3 Å². The Balaban J connectivity index is 1.93. The first-order valence-electron chi connectivity index (χ1n) is 8.78. The zero-order chi connectivity index (χ0) is 20.7. The average molecular weight is 394 g/mol. The Morgan fingerprint density at radius 3 is 1.55 bits per heavy atom. The molecule has 0 fully saturated rings. The van der Waals surface area contributed by atoms with Crippen molar-refractivity contribution in [1.29, 1.82) is 0 Å². The third kappa shape index (κ3) is 2.85. The SMILES string of the molecule is COc1cccc2c(O)c(Cc3c(O)c4cccc(OC)c4[nH]c3=O)c(=O)[nH]c12. The highest BCUT2D eigenvalue weighted by atomic mass is 16.5. The standard InChI is InChI=1S/C21H18N2O6/c1-28-14-7-3-5-10-16(14)22-20(26)12(18(10)24)9-13-19(25)11-6-4-8-15(29-2)17(11)23-21(13)27/h3-8H,9H2,1-2H3,(H2,22,24,26)(H2,23,25,27). The molecule has 0 amide bonds. The quantitative estimate of drug-likeness (QED) is 0.421. The predicted molar refractivity (Wildman–Crippen MR) is 108 cm³/mol. The van der Waals surface area contributed by atoms with Gasteiger partial charge in [-0.25, -0.2) is 0 Å². The van der Waals surface area contributed by atoms with Crippen molar-refractivity contribution in [3.05, 3.63) is 68.2 Å². The molecule has 2 aromatic carbocycles. The molecular weight excluding hydrogens is 376 g/mol. The lowest BCUT2D eigenvalue weighted by Crippen LogP contribution is -2.19. The highest BCUT2D eigenvalue weighted by molar-refractivity contribution is 5.92. The number of hydrogen-bond donors (Lipinski definition) is 4. The molecule has 0 radical (unpaired) electrons. The van der Waals surface area contributed by atoms with E-state index in [4.69, 9.17) is 9.47 Å². The van der Waals surface area contributed by atoms with Crippen LogP contribution in [-0.4, -0.2) is 34.4 Å². The van der Waals surface area contributed by atoms with Crippen LogP contribution in [0.25, 0.3) is 21.8 Å². The number of nitrogens with one attached hydrogen (secondary N) is 2. The van der Waals surface area contributed by atoms with Gasteiger partial charge < -0.3 is 29.7 Å². The van der Waals surface area contributed by atoms with Gasteiger partial charge in [-0.1, -0.05) is 12.1 Å². The number of pyridine rings is 2. The third-order valence-electron chi connectivity index (χ3n) is 4.95. The first-order valence-corrected chi connectivity index (χ1v) is 8.78. The van der Waals surface area contributed by atoms with E-state index in [9.17, 15) is 19.8 Å². The lowest BCUT2D eigenvalue weighted by atomic mass is 10.0. The molecule has 0 aliphatic carbocycles. The molecule has 0 saturated heterocycles. The molecule has 0 atom stereocenters. The fraction of sp³-hybridized carbons (Fsp3) is 0.143.